The molecule has 0 radical (unpaired) electrons. The number of likely N-dealkylation sites (tertiary alicyclic amines) is 1. The fraction of sp³-hybridized carbons (Fsp3) is 0.929. The van der Waals surface area contributed by atoms with Gasteiger partial charge in [-0.05, 0) is 44.2 Å². The molecule has 1 unspecified atom stereocenters. The summed E-state index contributed by atoms with van der Waals surface area (Å²) in [6.45, 7) is 10.5. The summed E-state index contributed by atoms with van der Waals surface area (Å²) in [6, 6.07) is -0.394. The van der Waals surface area contributed by atoms with Crippen LogP contribution in [0, 0.1) is 5.41 Å². The van der Waals surface area contributed by atoms with Crippen LogP contribution in [0.5, 0.6) is 0 Å². The highest BCUT2D eigenvalue weighted by molar-refractivity contribution is 5.73. The van der Waals surface area contributed by atoms with Gasteiger partial charge in [-0.1, -0.05) is 20.8 Å². The van der Waals surface area contributed by atoms with E-state index >= 15 is 0 Å². The van der Waals surface area contributed by atoms with Gasteiger partial charge in [-0.3, -0.25) is 4.79 Å². The molecule has 2 N–H and O–H groups in total. The van der Waals surface area contributed by atoms with Crippen molar-refractivity contribution in [1.29, 1.82) is 0 Å². The van der Waals surface area contributed by atoms with Gasteiger partial charge in [-0.15, -0.1) is 0 Å². The van der Waals surface area contributed by atoms with Crippen molar-refractivity contribution in [2.24, 2.45) is 5.41 Å². The predicted octanol–water partition coefficient (Wildman–Crippen LogP) is 1.95. The molecule has 0 saturated carbocycles. The minimum absolute atomic E-state index is 0.383. The number of carboxylic acids is 1. The monoisotopic (exact) mass is 256 g/mol. The van der Waals surface area contributed by atoms with Gasteiger partial charge in [-0.2, -0.15) is 0 Å². The lowest BCUT2D eigenvalue weighted by atomic mass is 9.84. The molecule has 0 spiro atoms. The van der Waals surface area contributed by atoms with Gasteiger partial charge in [0.25, 0.3) is 0 Å². The molecule has 0 aromatic carbocycles. The van der Waals surface area contributed by atoms with Gasteiger partial charge >= 0.3 is 5.97 Å². The van der Waals surface area contributed by atoms with E-state index in [1.54, 1.807) is 0 Å². The lowest BCUT2D eigenvalue weighted by Gasteiger charge is -2.38. The van der Waals surface area contributed by atoms with Gasteiger partial charge in [0.05, 0.1) is 0 Å². The average Bonchev–Trinajstić information content (AvgIpc) is 2.27. The smallest absolute Gasteiger partial charge is 0.320 e. The van der Waals surface area contributed by atoms with Crippen molar-refractivity contribution >= 4 is 5.97 Å². The van der Waals surface area contributed by atoms with Crippen molar-refractivity contribution in [2.75, 3.05) is 26.2 Å². The summed E-state index contributed by atoms with van der Waals surface area (Å²) in [4.78, 5) is 13.5. The third-order valence-corrected chi connectivity index (χ3v) is 3.65. The molecule has 0 aliphatic carbocycles. The van der Waals surface area contributed by atoms with Crippen LogP contribution in [0.2, 0.25) is 0 Å². The maximum absolute atomic E-state index is 11.1. The molecule has 1 aliphatic heterocycles. The van der Waals surface area contributed by atoms with Crippen molar-refractivity contribution in [3.8, 4) is 0 Å². The predicted molar refractivity (Wildman–Crippen MR) is 73.8 cm³/mol. The molecule has 0 bridgehead atoms. The van der Waals surface area contributed by atoms with Gasteiger partial charge < -0.3 is 15.3 Å². The molecule has 1 aliphatic rings. The summed E-state index contributed by atoms with van der Waals surface area (Å²) < 4.78 is 0. The molecular weight excluding hydrogens is 228 g/mol. The third-order valence-electron chi connectivity index (χ3n) is 3.65. The lowest BCUT2D eigenvalue weighted by Crippen LogP contribution is -2.44. The summed E-state index contributed by atoms with van der Waals surface area (Å²) in [6.07, 6.45) is 4.18. The van der Waals surface area contributed by atoms with Crippen molar-refractivity contribution in [1.82, 2.24) is 10.2 Å². The van der Waals surface area contributed by atoms with Crippen molar-refractivity contribution < 1.29 is 9.90 Å². The molecule has 1 atom stereocenters. The molecule has 18 heavy (non-hydrogen) atoms. The first-order valence-electron chi connectivity index (χ1n) is 7.13. The van der Waals surface area contributed by atoms with E-state index in [1.165, 1.54) is 12.8 Å². The average molecular weight is 256 g/mol. The van der Waals surface area contributed by atoms with Crippen LogP contribution >= 0.6 is 0 Å². The molecule has 1 saturated heterocycles. The number of hydrogen-bond acceptors (Lipinski definition) is 3. The number of piperidine rings is 1. The lowest BCUT2D eigenvalue weighted by molar-refractivity contribution is -0.139. The molecule has 0 amide bonds. The highest BCUT2D eigenvalue weighted by Crippen LogP contribution is 2.28. The highest BCUT2D eigenvalue weighted by atomic mass is 16.4. The second-order valence-corrected chi connectivity index (χ2v) is 6.18. The Labute approximate surface area is 111 Å². The summed E-state index contributed by atoms with van der Waals surface area (Å²) in [5, 5.41) is 12.3. The molecule has 1 fully saturated rings. The van der Waals surface area contributed by atoms with E-state index in [9.17, 15) is 4.79 Å². The zero-order chi connectivity index (χ0) is 13.6. The maximum atomic E-state index is 11.1. The van der Waals surface area contributed by atoms with E-state index < -0.39 is 12.0 Å². The van der Waals surface area contributed by atoms with Crippen LogP contribution in [0.15, 0.2) is 0 Å². The Morgan fingerprint density at radius 1 is 1.50 bits per heavy atom. The van der Waals surface area contributed by atoms with Gasteiger partial charge in [0, 0.05) is 13.1 Å². The number of rotatable bonds is 7. The van der Waals surface area contributed by atoms with Crippen molar-refractivity contribution in [3.63, 3.8) is 0 Å². The Kier molecular flexibility index (Phi) is 6.09. The highest BCUT2D eigenvalue weighted by Gasteiger charge is 2.27. The minimum Gasteiger partial charge on any atom is -0.480 e. The number of carbonyl (C=O) groups is 1. The Morgan fingerprint density at radius 3 is 2.78 bits per heavy atom. The Morgan fingerprint density at radius 2 is 2.22 bits per heavy atom. The number of nitrogens with zero attached hydrogens (tertiary/aromatic N) is 1. The van der Waals surface area contributed by atoms with Crippen LogP contribution in [0.25, 0.3) is 0 Å². The molecule has 4 heteroatoms. The Hall–Kier alpha value is -0.610. The van der Waals surface area contributed by atoms with Crippen LogP contribution < -0.4 is 5.32 Å². The zero-order valence-corrected chi connectivity index (χ0v) is 12.0. The fourth-order valence-electron chi connectivity index (χ4n) is 2.68. The number of aliphatic carboxylic acids is 1. The van der Waals surface area contributed by atoms with Gasteiger partial charge in [0.2, 0.25) is 0 Å². The second kappa shape index (κ2) is 7.10. The topological polar surface area (TPSA) is 52.6 Å². The normalized spacial score (nSPS) is 21.7. The van der Waals surface area contributed by atoms with Gasteiger partial charge in [0.15, 0.2) is 0 Å². The maximum Gasteiger partial charge on any atom is 0.320 e. The van der Waals surface area contributed by atoms with E-state index in [0.717, 1.165) is 32.6 Å². The SMILES string of the molecule is CCCNC(CCN1CCCC(C)(C)C1)C(=O)O. The summed E-state index contributed by atoms with van der Waals surface area (Å²) >= 11 is 0. The van der Waals surface area contributed by atoms with Gasteiger partial charge in [0.1, 0.15) is 6.04 Å². The molecule has 0 aromatic rings. The summed E-state index contributed by atoms with van der Waals surface area (Å²) in [5.41, 5.74) is 0.383. The standard InChI is InChI=1S/C14H28N2O2/c1-4-8-15-12(13(17)18)6-10-16-9-5-7-14(2,3)11-16/h12,15H,4-11H2,1-3H3,(H,17,18). The van der Waals surface area contributed by atoms with Crippen molar-refractivity contribution in [3.05, 3.63) is 0 Å². The molecule has 1 heterocycles. The second-order valence-electron chi connectivity index (χ2n) is 6.18. The van der Waals surface area contributed by atoms with Crippen LogP contribution in [0.3, 0.4) is 0 Å². The molecule has 0 aromatic heterocycles. The van der Waals surface area contributed by atoms with Crippen molar-refractivity contribution in [2.45, 2.75) is 52.5 Å². The fourth-order valence-corrected chi connectivity index (χ4v) is 2.68. The summed E-state index contributed by atoms with van der Waals surface area (Å²) in [7, 11) is 0. The van der Waals surface area contributed by atoms with E-state index in [4.69, 9.17) is 5.11 Å². The first-order valence-corrected chi connectivity index (χ1v) is 7.13. The minimum atomic E-state index is -0.722. The number of hydrogen-bond donors (Lipinski definition) is 2. The quantitative estimate of drug-likeness (QED) is 0.731. The van der Waals surface area contributed by atoms with E-state index in [1.807, 2.05) is 0 Å². The van der Waals surface area contributed by atoms with Crippen LogP contribution in [-0.2, 0) is 4.79 Å². The van der Waals surface area contributed by atoms with Crippen LogP contribution in [-0.4, -0.2) is 48.2 Å². The molecule has 4 nitrogen and oxygen atoms in total. The first kappa shape index (κ1) is 15.4. The zero-order valence-electron chi connectivity index (χ0n) is 12.0. The summed E-state index contributed by atoms with van der Waals surface area (Å²) in [5.74, 6) is -0.722. The third kappa shape index (κ3) is 5.36. The Balaban J connectivity index is 2.34. The van der Waals surface area contributed by atoms with E-state index in [0.29, 0.717) is 11.8 Å². The van der Waals surface area contributed by atoms with E-state index in [-0.39, 0.29) is 0 Å². The number of nitrogens with one attached hydrogen (secondary N) is 1. The van der Waals surface area contributed by atoms with Gasteiger partial charge in [-0.25, -0.2) is 0 Å². The molecular formula is C14H28N2O2. The van der Waals surface area contributed by atoms with Crippen LogP contribution in [0.4, 0.5) is 0 Å². The Bertz CT molecular complexity index is 267. The van der Waals surface area contributed by atoms with E-state index in [2.05, 4.69) is 31.0 Å². The number of carboxylic acid groups (broad SMARTS) is 1. The first-order chi connectivity index (χ1) is 8.44. The largest absolute Gasteiger partial charge is 0.480 e. The molecule has 106 valence electrons. The molecule has 1 rings (SSSR count). The van der Waals surface area contributed by atoms with Crippen LogP contribution in [0.1, 0.15) is 46.5 Å².